The van der Waals surface area contributed by atoms with Crippen molar-refractivity contribution in [2.75, 3.05) is 26.4 Å². The molecule has 0 aliphatic carbocycles. The van der Waals surface area contributed by atoms with Gasteiger partial charge in [-0.25, -0.2) is 0 Å². The van der Waals surface area contributed by atoms with Crippen LogP contribution in [0.25, 0.3) is 19.5 Å². The molecule has 0 saturated heterocycles. The number of hydrogen-bond donors (Lipinski definition) is 0. The van der Waals surface area contributed by atoms with Crippen molar-refractivity contribution < 1.29 is 9.47 Å². The van der Waals surface area contributed by atoms with Crippen molar-refractivity contribution in [1.29, 1.82) is 0 Å². The molecule has 3 aromatic rings. The zero-order valence-electron chi connectivity index (χ0n) is 20.4. The van der Waals surface area contributed by atoms with Gasteiger partial charge in [-0.05, 0) is 49.2 Å². The maximum atomic E-state index is 5.82. The molecule has 0 fully saturated rings. The van der Waals surface area contributed by atoms with Crippen LogP contribution in [0.2, 0.25) is 0 Å². The minimum atomic E-state index is 0.836. The summed E-state index contributed by atoms with van der Waals surface area (Å²) >= 11 is 5.72. The second kappa shape index (κ2) is 15.8. The summed E-state index contributed by atoms with van der Waals surface area (Å²) in [5, 5.41) is 0. The molecule has 0 spiro atoms. The molecule has 0 radical (unpaired) electrons. The van der Waals surface area contributed by atoms with Crippen LogP contribution in [-0.4, -0.2) is 26.4 Å². The van der Waals surface area contributed by atoms with Crippen molar-refractivity contribution in [2.24, 2.45) is 0 Å². The molecule has 5 heteroatoms. The molecule has 0 aliphatic rings. The van der Waals surface area contributed by atoms with Crippen molar-refractivity contribution in [3.05, 3.63) is 46.2 Å². The molecule has 0 atom stereocenters. The molecule has 0 aliphatic heterocycles. The highest BCUT2D eigenvalue weighted by Crippen LogP contribution is 2.40. The van der Waals surface area contributed by atoms with Gasteiger partial charge in [0.25, 0.3) is 0 Å². The molecule has 33 heavy (non-hydrogen) atoms. The molecular weight excluding hydrogens is 465 g/mol. The molecule has 0 bridgehead atoms. The molecule has 3 heterocycles. The fraction of sp³-hybridized carbons (Fsp3) is 0.571. The first-order valence-electron chi connectivity index (χ1n) is 12.7. The van der Waals surface area contributed by atoms with Gasteiger partial charge in [0.1, 0.15) is 0 Å². The van der Waals surface area contributed by atoms with Crippen LogP contribution in [-0.2, 0) is 22.3 Å². The van der Waals surface area contributed by atoms with E-state index < -0.39 is 0 Å². The molecule has 0 aromatic carbocycles. The molecule has 0 N–H and O–H groups in total. The first kappa shape index (κ1) is 26.6. The average molecular weight is 505 g/mol. The second-order valence-electron chi connectivity index (χ2n) is 8.54. The van der Waals surface area contributed by atoms with E-state index in [1.54, 1.807) is 0 Å². The lowest BCUT2D eigenvalue weighted by Crippen LogP contribution is -1.99. The Kier molecular flexibility index (Phi) is 12.8. The van der Waals surface area contributed by atoms with Crippen LogP contribution in [0.5, 0.6) is 0 Å². The predicted octanol–water partition coefficient (Wildman–Crippen LogP) is 9.48. The van der Waals surface area contributed by atoms with Crippen molar-refractivity contribution >= 4 is 34.0 Å². The van der Waals surface area contributed by atoms with Gasteiger partial charge in [-0.15, -0.1) is 34.0 Å². The van der Waals surface area contributed by atoms with Crippen LogP contribution < -0.4 is 0 Å². The third-order valence-corrected chi connectivity index (χ3v) is 9.45. The summed E-state index contributed by atoms with van der Waals surface area (Å²) in [6.07, 6.45) is 12.2. The van der Waals surface area contributed by atoms with Crippen LogP contribution in [0.1, 0.15) is 75.0 Å². The summed E-state index contributed by atoms with van der Waals surface area (Å²) in [5.74, 6) is 0. The highest BCUT2D eigenvalue weighted by molar-refractivity contribution is 7.26. The number of thiophene rings is 3. The summed E-state index contributed by atoms with van der Waals surface area (Å²) < 4.78 is 11.6. The van der Waals surface area contributed by atoms with Gasteiger partial charge >= 0.3 is 0 Å². The molecule has 0 amide bonds. The van der Waals surface area contributed by atoms with Crippen LogP contribution >= 0.6 is 34.0 Å². The fourth-order valence-corrected chi connectivity index (χ4v) is 6.87. The van der Waals surface area contributed by atoms with E-state index in [2.05, 4.69) is 50.2 Å². The Bertz CT molecular complexity index is 822. The van der Waals surface area contributed by atoms with Gasteiger partial charge in [0, 0.05) is 55.3 Å². The van der Waals surface area contributed by atoms with E-state index in [-0.39, 0.29) is 0 Å². The Hall–Kier alpha value is -0.980. The Morgan fingerprint density at radius 2 is 0.909 bits per heavy atom. The molecule has 3 aromatic heterocycles. The Labute approximate surface area is 213 Å². The highest BCUT2D eigenvalue weighted by atomic mass is 32.1. The summed E-state index contributed by atoms with van der Waals surface area (Å²) in [5.41, 5.74) is 0. The van der Waals surface area contributed by atoms with E-state index in [0.29, 0.717) is 0 Å². The van der Waals surface area contributed by atoms with Crippen LogP contribution in [0.3, 0.4) is 0 Å². The normalized spacial score (nSPS) is 11.5. The van der Waals surface area contributed by atoms with E-state index in [1.165, 1.54) is 80.6 Å². The van der Waals surface area contributed by atoms with Crippen molar-refractivity contribution in [2.45, 2.75) is 78.1 Å². The molecule has 0 saturated carbocycles. The zero-order valence-corrected chi connectivity index (χ0v) is 22.9. The largest absolute Gasteiger partial charge is 0.381 e. The first-order chi connectivity index (χ1) is 16.3. The molecule has 0 unspecified atom stereocenters. The SMILES string of the molecule is CCCCCCOCCc1ccc(-c2ccc(-c3ccc(CCOCCCCCC)s3)s2)s1. The third kappa shape index (κ3) is 9.65. The van der Waals surface area contributed by atoms with Crippen LogP contribution in [0.15, 0.2) is 36.4 Å². The topological polar surface area (TPSA) is 18.5 Å². The fourth-order valence-electron chi connectivity index (χ4n) is 3.70. The van der Waals surface area contributed by atoms with Gasteiger partial charge < -0.3 is 9.47 Å². The highest BCUT2D eigenvalue weighted by Gasteiger charge is 2.10. The van der Waals surface area contributed by atoms with Gasteiger partial charge in [0.05, 0.1) is 13.2 Å². The molecule has 182 valence electrons. The molecule has 3 rings (SSSR count). The zero-order chi connectivity index (χ0) is 23.1. The minimum absolute atomic E-state index is 0.836. The van der Waals surface area contributed by atoms with Crippen molar-refractivity contribution in [1.82, 2.24) is 0 Å². The minimum Gasteiger partial charge on any atom is -0.381 e. The quantitative estimate of drug-likeness (QED) is 0.161. The van der Waals surface area contributed by atoms with Gasteiger partial charge in [-0.1, -0.05) is 52.4 Å². The lowest BCUT2D eigenvalue weighted by molar-refractivity contribution is 0.133. The predicted molar refractivity (Wildman–Crippen MR) is 148 cm³/mol. The van der Waals surface area contributed by atoms with Crippen LogP contribution in [0.4, 0.5) is 0 Å². The molecule has 2 nitrogen and oxygen atoms in total. The summed E-state index contributed by atoms with van der Waals surface area (Å²) in [4.78, 5) is 8.32. The average Bonchev–Trinajstić information content (AvgIpc) is 3.58. The Morgan fingerprint density at radius 3 is 1.36 bits per heavy atom. The maximum Gasteiger partial charge on any atom is 0.0514 e. The van der Waals surface area contributed by atoms with E-state index in [9.17, 15) is 0 Å². The molecular formula is C28H40O2S3. The van der Waals surface area contributed by atoms with E-state index >= 15 is 0 Å². The van der Waals surface area contributed by atoms with Crippen LogP contribution in [0, 0.1) is 0 Å². The lowest BCUT2D eigenvalue weighted by Gasteiger charge is -2.02. The summed E-state index contributed by atoms with van der Waals surface area (Å²) in [7, 11) is 0. The van der Waals surface area contributed by atoms with Gasteiger partial charge in [0.15, 0.2) is 0 Å². The number of hydrogen-bond acceptors (Lipinski definition) is 5. The van der Waals surface area contributed by atoms with E-state index in [4.69, 9.17) is 9.47 Å². The van der Waals surface area contributed by atoms with Crippen molar-refractivity contribution in [3.63, 3.8) is 0 Å². The smallest absolute Gasteiger partial charge is 0.0514 e. The number of rotatable bonds is 18. The first-order valence-corrected chi connectivity index (χ1v) is 15.2. The lowest BCUT2D eigenvalue weighted by atomic mass is 10.2. The number of unbranched alkanes of at least 4 members (excludes halogenated alkanes) is 6. The Balaban J connectivity index is 1.40. The summed E-state index contributed by atoms with van der Waals surface area (Å²) in [6, 6.07) is 13.6. The monoisotopic (exact) mass is 504 g/mol. The number of ether oxygens (including phenoxy) is 2. The third-order valence-electron chi connectivity index (χ3n) is 5.69. The standard InChI is InChI=1S/C28H40O2S3/c1-3-5-7-9-19-29-21-17-23-11-13-25(31-23)27-15-16-28(33-27)26-14-12-24(32-26)18-22-30-20-10-8-6-4-2/h11-16H,3-10,17-22H2,1-2H3. The summed E-state index contributed by atoms with van der Waals surface area (Å²) in [6.45, 7) is 7.97. The van der Waals surface area contributed by atoms with Gasteiger partial charge in [-0.3, -0.25) is 0 Å². The van der Waals surface area contributed by atoms with E-state index in [0.717, 1.165) is 39.3 Å². The second-order valence-corrected chi connectivity index (χ2v) is 12.0. The van der Waals surface area contributed by atoms with Gasteiger partial charge in [-0.2, -0.15) is 0 Å². The van der Waals surface area contributed by atoms with Crippen molar-refractivity contribution in [3.8, 4) is 19.5 Å². The maximum absolute atomic E-state index is 5.82. The van der Waals surface area contributed by atoms with E-state index in [1.807, 2.05) is 34.0 Å². The van der Waals surface area contributed by atoms with Gasteiger partial charge in [0.2, 0.25) is 0 Å². The Morgan fingerprint density at radius 1 is 0.485 bits per heavy atom.